The molecule has 1 N–H and O–H groups in total. The molecule has 0 saturated heterocycles. The van der Waals surface area contributed by atoms with E-state index in [-0.39, 0.29) is 16.5 Å². The van der Waals surface area contributed by atoms with Crippen molar-refractivity contribution in [3.63, 3.8) is 0 Å². The lowest BCUT2D eigenvalue weighted by atomic mass is 10.3. The van der Waals surface area contributed by atoms with Gasteiger partial charge in [-0.2, -0.15) is 5.10 Å². The molecule has 11 heteroatoms. The maximum atomic E-state index is 12.4. The number of nitrogens with one attached hydrogen (secondary N) is 1. The van der Waals surface area contributed by atoms with Crippen molar-refractivity contribution >= 4 is 33.0 Å². The molecule has 1 aromatic carbocycles. The lowest BCUT2D eigenvalue weighted by Crippen LogP contribution is -2.25. The number of benzene rings is 1. The highest BCUT2D eigenvalue weighted by atomic mass is 32.2. The number of hydroxylamine groups is 1. The van der Waals surface area contributed by atoms with Gasteiger partial charge >= 0.3 is 0 Å². The van der Waals surface area contributed by atoms with Crippen LogP contribution in [0.2, 0.25) is 0 Å². The summed E-state index contributed by atoms with van der Waals surface area (Å²) >= 11 is 1.34. The summed E-state index contributed by atoms with van der Waals surface area (Å²) in [6.07, 6.45) is 3.49. The number of carbonyl (C=O) groups is 1. The summed E-state index contributed by atoms with van der Waals surface area (Å²) in [5, 5.41) is 9.13. The van der Waals surface area contributed by atoms with Crippen LogP contribution < -0.4 is 5.32 Å². The minimum Gasteiger partial charge on any atom is -0.321 e. The zero-order chi connectivity index (χ0) is 19.6. The van der Waals surface area contributed by atoms with Crippen LogP contribution in [0, 0.1) is 0 Å². The van der Waals surface area contributed by atoms with Crippen molar-refractivity contribution < 1.29 is 18.0 Å². The molecule has 2 aromatic heterocycles. The minimum absolute atomic E-state index is 0.0531. The van der Waals surface area contributed by atoms with Crippen LogP contribution in [0.3, 0.4) is 0 Å². The number of hydrogen-bond donors (Lipinski definition) is 1. The lowest BCUT2D eigenvalue weighted by molar-refractivity contribution is -0.0258. The molecular weight excluding hydrogens is 390 g/mol. The highest BCUT2D eigenvalue weighted by molar-refractivity contribution is 7.89. The highest BCUT2D eigenvalue weighted by Gasteiger charge is 2.20. The van der Waals surface area contributed by atoms with Gasteiger partial charge in [0.25, 0.3) is 15.9 Å². The van der Waals surface area contributed by atoms with Crippen LogP contribution in [0.15, 0.2) is 46.9 Å². The normalized spacial score (nSPS) is 11.7. The molecule has 3 aromatic rings. The second-order valence-corrected chi connectivity index (χ2v) is 8.31. The Bertz CT molecular complexity index is 1060. The second-order valence-electron chi connectivity index (χ2n) is 5.52. The van der Waals surface area contributed by atoms with Crippen molar-refractivity contribution in [2.75, 3.05) is 19.5 Å². The summed E-state index contributed by atoms with van der Waals surface area (Å²) in [5.41, 5.74) is 1.56. The van der Waals surface area contributed by atoms with E-state index in [0.29, 0.717) is 10.7 Å². The number of rotatable bonds is 6. The molecule has 9 nitrogen and oxygen atoms in total. The maximum Gasteiger partial charge on any atom is 0.275 e. The molecule has 0 aliphatic rings. The van der Waals surface area contributed by atoms with Crippen LogP contribution in [0.5, 0.6) is 0 Å². The monoisotopic (exact) mass is 407 g/mol. The van der Waals surface area contributed by atoms with Gasteiger partial charge in [-0.05, 0) is 24.3 Å². The Morgan fingerprint density at radius 3 is 2.59 bits per heavy atom. The van der Waals surface area contributed by atoms with Crippen LogP contribution in [0.1, 0.15) is 10.5 Å². The number of aromatic nitrogens is 3. The molecule has 2 heterocycles. The van der Waals surface area contributed by atoms with Crippen molar-refractivity contribution in [3.8, 4) is 10.6 Å². The van der Waals surface area contributed by atoms with Gasteiger partial charge in [0.05, 0.1) is 18.2 Å². The van der Waals surface area contributed by atoms with E-state index in [9.17, 15) is 13.2 Å². The van der Waals surface area contributed by atoms with Crippen molar-refractivity contribution in [1.82, 2.24) is 19.2 Å². The number of sulfonamides is 1. The van der Waals surface area contributed by atoms with Crippen molar-refractivity contribution in [2.45, 2.75) is 4.90 Å². The van der Waals surface area contributed by atoms with E-state index >= 15 is 0 Å². The molecule has 3 rings (SSSR count). The van der Waals surface area contributed by atoms with E-state index in [1.807, 2.05) is 6.20 Å². The molecule has 0 saturated carbocycles. The summed E-state index contributed by atoms with van der Waals surface area (Å²) in [6.45, 7) is 0. The predicted octanol–water partition coefficient (Wildman–Crippen LogP) is 1.98. The van der Waals surface area contributed by atoms with Gasteiger partial charge in [-0.3, -0.25) is 14.3 Å². The first-order chi connectivity index (χ1) is 12.8. The Morgan fingerprint density at radius 2 is 2.00 bits per heavy atom. The third-order valence-electron chi connectivity index (χ3n) is 3.69. The third kappa shape index (κ3) is 4.06. The average Bonchev–Trinajstić information content (AvgIpc) is 3.30. The van der Waals surface area contributed by atoms with Crippen LogP contribution in [-0.4, -0.2) is 47.7 Å². The van der Waals surface area contributed by atoms with Crippen LogP contribution in [0.4, 0.5) is 5.69 Å². The van der Waals surface area contributed by atoms with Crippen molar-refractivity contribution in [2.24, 2.45) is 7.05 Å². The molecule has 27 heavy (non-hydrogen) atoms. The Hall–Kier alpha value is -2.60. The molecule has 1 amide bonds. The Labute approximate surface area is 160 Å². The van der Waals surface area contributed by atoms with E-state index in [1.165, 1.54) is 49.8 Å². The molecule has 0 aliphatic carbocycles. The highest BCUT2D eigenvalue weighted by Crippen LogP contribution is 2.24. The lowest BCUT2D eigenvalue weighted by Gasteiger charge is -2.14. The smallest absolute Gasteiger partial charge is 0.275 e. The van der Waals surface area contributed by atoms with Gasteiger partial charge < -0.3 is 5.32 Å². The fourth-order valence-corrected chi connectivity index (χ4v) is 3.94. The molecule has 142 valence electrons. The van der Waals surface area contributed by atoms with E-state index in [1.54, 1.807) is 23.3 Å². The summed E-state index contributed by atoms with van der Waals surface area (Å²) in [6, 6.07) is 5.79. The second kappa shape index (κ2) is 7.56. The van der Waals surface area contributed by atoms with E-state index in [2.05, 4.69) is 15.4 Å². The van der Waals surface area contributed by atoms with Crippen LogP contribution >= 0.6 is 11.3 Å². The summed E-state index contributed by atoms with van der Waals surface area (Å²) in [4.78, 5) is 21.5. The SMILES string of the molecule is CON(C)S(=O)(=O)c1ccc(NC(=O)c2csc(-c3cnn(C)c3)n2)cc1. The molecule has 0 aliphatic heterocycles. The van der Waals surface area contributed by atoms with E-state index in [4.69, 9.17) is 4.84 Å². The molecule has 0 unspecified atom stereocenters. The zero-order valence-corrected chi connectivity index (χ0v) is 16.4. The van der Waals surface area contributed by atoms with Gasteiger partial charge in [-0.1, -0.05) is 4.47 Å². The molecule has 0 spiro atoms. The number of thiazole rings is 1. The molecule has 0 atom stereocenters. The number of amides is 1. The summed E-state index contributed by atoms with van der Waals surface area (Å²) < 4.78 is 26.7. The summed E-state index contributed by atoms with van der Waals surface area (Å²) in [7, 11) is 0.635. The Morgan fingerprint density at radius 1 is 1.30 bits per heavy atom. The van der Waals surface area contributed by atoms with Gasteiger partial charge in [-0.15, -0.1) is 11.3 Å². The van der Waals surface area contributed by atoms with Crippen LogP contribution in [-0.2, 0) is 21.9 Å². The quantitative estimate of drug-likeness (QED) is 0.626. The molecule has 0 radical (unpaired) electrons. The number of anilines is 1. The standard InChI is InChI=1S/C16H17N5O4S2/c1-20-9-11(8-17-20)16-19-14(10-26-16)15(22)18-12-4-6-13(7-5-12)27(23,24)21(2)25-3/h4-10H,1-3H3,(H,18,22). The summed E-state index contributed by atoms with van der Waals surface area (Å²) in [5.74, 6) is -0.383. The van der Waals surface area contributed by atoms with Gasteiger partial charge in [0.2, 0.25) is 0 Å². The minimum atomic E-state index is -3.73. The molecular formula is C16H17N5O4S2. The predicted molar refractivity (Wildman–Crippen MR) is 101 cm³/mol. The van der Waals surface area contributed by atoms with Gasteiger partial charge in [0, 0.05) is 36.9 Å². The maximum absolute atomic E-state index is 12.4. The number of carbonyl (C=O) groups excluding carboxylic acids is 1. The third-order valence-corrected chi connectivity index (χ3v) is 6.28. The van der Waals surface area contributed by atoms with Gasteiger partial charge in [0.1, 0.15) is 10.7 Å². The van der Waals surface area contributed by atoms with Gasteiger partial charge in [-0.25, -0.2) is 13.4 Å². The topological polar surface area (TPSA) is 106 Å². The number of hydrogen-bond acceptors (Lipinski definition) is 7. The first-order valence-electron chi connectivity index (χ1n) is 7.70. The Balaban J connectivity index is 1.72. The van der Waals surface area contributed by atoms with Crippen molar-refractivity contribution in [1.29, 1.82) is 0 Å². The first kappa shape index (κ1) is 19.2. The Kier molecular flexibility index (Phi) is 5.37. The van der Waals surface area contributed by atoms with E-state index in [0.717, 1.165) is 10.0 Å². The van der Waals surface area contributed by atoms with Crippen LogP contribution in [0.25, 0.3) is 10.6 Å². The first-order valence-corrected chi connectivity index (χ1v) is 10.0. The fraction of sp³-hybridized carbons (Fsp3) is 0.188. The van der Waals surface area contributed by atoms with E-state index < -0.39 is 10.0 Å². The molecule has 0 fully saturated rings. The van der Waals surface area contributed by atoms with Crippen molar-refractivity contribution in [3.05, 3.63) is 47.7 Å². The average molecular weight is 407 g/mol. The van der Waals surface area contributed by atoms with Gasteiger partial charge in [0.15, 0.2) is 0 Å². The zero-order valence-electron chi connectivity index (χ0n) is 14.8. The fourth-order valence-electron chi connectivity index (χ4n) is 2.19. The molecule has 0 bridgehead atoms. The largest absolute Gasteiger partial charge is 0.321 e. The number of nitrogens with zero attached hydrogens (tertiary/aromatic N) is 4. The number of aryl methyl sites for hydroxylation is 1.